The van der Waals surface area contributed by atoms with Gasteiger partial charge in [-0.25, -0.2) is 4.90 Å². The Morgan fingerprint density at radius 3 is 2.30 bits per heavy atom. The van der Waals surface area contributed by atoms with Crippen molar-refractivity contribution in [3.05, 3.63) is 71.9 Å². The second-order valence-corrected chi connectivity index (χ2v) is 7.29. The lowest BCUT2D eigenvalue weighted by Gasteiger charge is -2.34. The topological polar surface area (TPSA) is 57.7 Å². The van der Waals surface area contributed by atoms with Gasteiger partial charge in [-0.1, -0.05) is 42.5 Å². The number of Topliss-reactive ketones (excluding diaryl/α,β-unsaturated/α-hetero) is 1. The number of amides is 2. The number of hydrogen-bond donors (Lipinski definition) is 0. The van der Waals surface area contributed by atoms with Crippen LogP contribution in [0, 0.1) is 11.8 Å². The zero-order valence-electron chi connectivity index (χ0n) is 14.8. The molecule has 5 rings (SSSR count). The molecule has 2 saturated heterocycles. The van der Waals surface area contributed by atoms with E-state index in [4.69, 9.17) is 0 Å². The third-order valence-corrected chi connectivity index (χ3v) is 5.89. The van der Waals surface area contributed by atoms with Gasteiger partial charge in [0.25, 0.3) is 0 Å². The highest BCUT2D eigenvalue weighted by atomic mass is 16.2. The van der Waals surface area contributed by atoms with Crippen molar-refractivity contribution in [2.75, 3.05) is 4.90 Å². The lowest BCUT2D eigenvalue weighted by atomic mass is 9.84. The zero-order valence-corrected chi connectivity index (χ0v) is 14.8. The van der Waals surface area contributed by atoms with Gasteiger partial charge < -0.3 is 4.90 Å². The Kier molecular flexibility index (Phi) is 3.34. The first kappa shape index (κ1) is 16.0. The fraction of sp³-hybridized carbons (Fsp3) is 0.227. The highest BCUT2D eigenvalue weighted by molar-refractivity contribution is 6.24. The van der Waals surface area contributed by atoms with Crippen molar-refractivity contribution in [2.24, 2.45) is 11.8 Å². The molecule has 3 aliphatic heterocycles. The van der Waals surface area contributed by atoms with Gasteiger partial charge in [-0.15, -0.1) is 0 Å². The molecule has 0 radical (unpaired) electrons. The average molecular weight is 358 g/mol. The van der Waals surface area contributed by atoms with Crippen LogP contribution in [0.3, 0.4) is 0 Å². The molecule has 27 heavy (non-hydrogen) atoms. The number of para-hydroxylation sites is 1. The van der Waals surface area contributed by atoms with Crippen LogP contribution in [0.2, 0.25) is 0 Å². The van der Waals surface area contributed by atoms with Crippen LogP contribution < -0.4 is 4.90 Å². The monoisotopic (exact) mass is 358 g/mol. The van der Waals surface area contributed by atoms with Crippen LogP contribution in [0.15, 0.2) is 60.8 Å². The summed E-state index contributed by atoms with van der Waals surface area (Å²) < 4.78 is 0. The van der Waals surface area contributed by atoms with E-state index in [1.807, 2.05) is 47.5 Å². The van der Waals surface area contributed by atoms with E-state index in [-0.39, 0.29) is 23.6 Å². The smallest absolute Gasteiger partial charge is 0.240 e. The van der Waals surface area contributed by atoms with Gasteiger partial charge in [0.1, 0.15) is 0 Å². The molecule has 4 atom stereocenters. The number of ketones is 1. The molecule has 4 unspecified atom stereocenters. The number of benzene rings is 2. The number of hydrogen-bond acceptors (Lipinski definition) is 4. The largest absolute Gasteiger partial charge is 0.359 e. The predicted octanol–water partition coefficient (Wildman–Crippen LogP) is 2.79. The molecule has 0 aromatic heterocycles. The predicted molar refractivity (Wildman–Crippen MR) is 100 cm³/mol. The first-order chi connectivity index (χ1) is 13.1. The Labute approximate surface area is 156 Å². The minimum atomic E-state index is -0.656. The number of carbonyl (C=O) groups is 3. The van der Waals surface area contributed by atoms with Crippen LogP contribution in [-0.4, -0.2) is 28.5 Å². The van der Waals surface area contributed by atoms with E-state index in [1.54, 1.807) is 24.3 Å². The van der Waals surface area contributed by atoms with Crippen molar-refractivity contribution < 1.29 is 14.4 Å². The Bertz CT molecular complexity index is 998. The molecule has 2 aromatic carbocycles. The lowest BCUT2D eigenvalue weighted by molar-refractivity contribution is -0.129. The van der Waals surface area contributed by atoms with Crippen molar-refractivity contribution in [2.45, 2.75) is 19.0 Å². The summed E-state index contributed by atoms with van der Waals surface area (Å²) in [7, 11) is 0. The van der Waals surface area contributed by atoms with E-state index in [0.717, 1.165) is 11.1 Å². The average Bonchev–Trinajstić information content (AvgIpc) is 3.16. The number of rotatable bonds is 2. The summed E-state index contributed by atoms with van der Waals surface area (Å²) in [5.74, 6) is -1.81. The van der Waals surface area contributed by atoms with Gasteiger partial charge in [-0.2, -0.15) is 0 Å². The van der Waals surface area contributed by atoms with E-state index in [2.05, 4.69) is 0 Å². The molecule has 5 nitrogen and oxygen atoms in total. The number of imide groups is 1. The molecule has 0 N–H and O–H groups in total. The van der Waals surface area contributed by atoms with Gasteiger partial charge in [0.2, 0.25) is 11.8 Å². The minimum Gasteiger partial charge on any atom is -0.359 e. The maximum absolute atomic E-state index is 13.4. The van der Waals surface area contributed by atoms with E-state index in [9.17, 15) is 14.4 Å². The van der Waals surface area contributed by atoms with Crippen molar-refractivity contribution in [1.82, 2.24) is 4.90 Å². The van der Waals surface area contributed by atoms with Crippen LogP contribution in [0.5, 0.6) is 0 Å². The fourth-order valence-electron chi connectivity index (χ4n) is 4.85. The highest BCUT2D eigenvalue weighted by Gasteiger charge is 2.63. The zero-order chi connectivity index (χ0) is 18.7. The first-order valence-corrected chi connectivity index (χ1v) is 9.07. The number of carbonyl (C=O) groups excluding carboxylic acids is 3. The molecular formula is C22H18N2O3. The summed E-state index contributed by atoms with van der Waals surface area (Å²) in [4.78, 5) is 42.3. The summed E-state index contributed by atoms with van der Waals surface area (Å²) in [5, 5.41) is 0. The van der Waals surface area contributed by atoms with Crippen molar-refractivity contribution in [1.29, 1.82) is 0 Å². The minimum absolute atomic E-state index is 0.0902. The number of fused-ring (bicyclic) bond motifs is 5. The molecule has 2 aromatic rings. The summed E-state index contributed by atoms with van der Waals surface area (Å²) >= 11 is 0. The second kappa shape index (κ2) is 5.64. The maximum Gasteiger partial charge on any atom is 0.240 e. The summed E-state index contributed by atoms with van der Waals surface area (Å²) in [6.07, 6.45) is 3.82. The van der Waals surface area contributed by atoms with Crippen LogP contribution >= 0.6 is 0 Å². The first-order valence-electron chi connectivity index (χ1n) is 9.07. The van der Waals surface area contributed by atoms with E-state index in [0.29, 0.717) is 5.69 Å². The molecule has 0 aliphatic carbocycles. The molecule has 134 valence electrons. The highest BCUT2D eigenvalue weighted by Crippen LogP contribution is 2.53. The molecule has 5 heteroatoms. The van der Waals surface area contributed by atoms with Crippen LogP contribution in [0.4, 0.5) is 5.69 Å². The quantitative estimate of drug-likeness (QED) is 0.775. The third kappa shape index (κ3) is 2.08. The Hall–Kier alpha value is -3.21. The molecule has 3 aliphatic rings. The van der Waals surface area contributed by atoms with Gasteiger partial charge >= 0.3 is 0 Å². The number of nitrogens with zero attached hydrogens (tertiary/aromatic N) is 2. The Balaban J connectivity index is 1.67. The standard InChI is InChI=1S/C22H18N2O3/c1-13(25)19-17-18(20-16-10-6-5-7-14(16)11-12-23(19)20)22(27)24(21(17)26)15-8-3-2-4-9-15/h2-12,17-20H,1H3. The molecule has 0 saturated carbocycles. The van der Waals surface area contributed by atoms with E-state index in [1.165, 1.54) is 11.8 Å². The van der Waals surface area contributed by atoms with Gasteiger partial charge in [-0.05, 0) is 36.3 Å². The fourth-order valence-corrected chi connectivity index (χ4v) is 4.85. The van der Waals surface area contributed by atoms with Gasteiger partial charge in [0.15, 0.2) is 5.78 Å². The molecule has 0 bridgehead atoms. The second-order valence-electron chi connectivity index (χ2n) is 7.29. The van der Waals surface area contributed by atoms with E-state index < -0.39 is 17.9 Å². The maximum atomic E-state index is 13.4. The molecule has 3 heterocycles. The molecule has 2 fully saturated rings. The van der Waals surface area contributed by atoms with Crippen LogP contribution in [0.1, 0.15) is 24.1 Å². The van der Waals surface area contributed by atoms with Crippen molar-refractivity contribution in [3.8, 4) is 0 Å². The number of anilines is 1. The van der Waals surface area contributed by atoms with E-state index >= 15 is 0 Å². The van der Waals surface area contributed by atoms with Crippen LogP contribution in [-0.2, 0) is 14.4 Å². The lowest BCUT2D eigenvalue weighted by Crippen LogP contribution is -2.43. The van der Waals surface area contributed by atoms with Gasteiger partial charge in [-0.3, -0.25) is 14.4 Å². The van der Waals surface area contributed by atoms with Gasteiger partial charge in [0, 0.05) is 6.20 Å². The third-order valence-electron chi connectivity index (χ3n) is 5.89. The molecule has 0 spiro atoms. The van der Waals surface area contributed by atoms with Crippen molar-refractivity contribution in [3.63, 3.8) is 0 Å². The van der Waals surface area contributed by atoms with Crippen LogP contribution in [0.25, 0.3) is 6.08 Å². The Morgan fingerprint density at radius 1 is 0.889 bits per heavy atom. The Morgan fingerprint density at radius 2 is 1.56 bits per heavy atom. The van der Waals surface area contributed by atoms with Crippen molar-refractivity contribution >= 4 is 29.4 Å². The summed E-state index contributed by atoms with van der Waals surface area (Å²) in [6.45, 7) is 1.50. The summed E-state index contributed by atoms with van der Waals surface area (Å²) in [5.41, 5.74) is 2.59. The SMILES string of the molecule is CC(=O)C1C2C(=O)N(c3ccccc3)C(=O)C2C2c3ccccc3C=CN12. The normalized spacial score (nSPS) is 28.2. The molecular weight excluding hydrogens is 340 g/mol. The molecule has 2 amide bonds. The van der Waals surface area contributed by atoms with Gasteiger partial charge in [0.05, 0.1) is 29.6 Å². The summed E-state index contributed by atoms with van der Waals surface area (Å²) in [6, 6.07) is 15.9.